The molecule has 1 aliphatic heterocycles. The summed E-state index contributed by atoms with van der Waals surface area (Å²) < 4.78 is 0. The van der Waals surface area contributed by atoms with Crippen LogP contribution in [0.15, 0.2) is 0 Å². The molecule has 0 aromatic carbocycles. The molecule has 1 rings (SSSR count). The summed E-state index contributed by atoms with van der Waals surface area (Å²) in [5, 5.41) is 12.1. The highest BCUT2D eigenvalue weighted by Crippen LogP contribution is 2.13. The van der Waals surface area contributed by atoms with Gasteiger partial charge in [-0.3, -0.25) is 0 Å². The van der Waals surface area contributed by atoms with Gasteiger partial charge in [0.2, 0.25) is 0 Å². The molecule has 0 spiro atoms. The highest BCUT2D eigenvalue weighted by Gasteiger charge is 2.28. The number of aliphatic hydroxyl groups excluding tert-OH is 1. The first-order valence-electron chi connectivity index (χ1n) is 3.74. The third kappa shape index (κ3) is 1.48. The highest BCUT2D eigenvalue weighted by molar-refractivity contribution is 4.85. The highest BCUT2D eigenvalue weighted by atomic mass is 16.3. The summed E-state index contributed by atoms with van der Waals surface area (Å²) >= 11 is 0. The Kier molecular flexibility index (Phi) is 2.65. The molecule has 60 valence electrons. The number of nitrogens with one attached hydrogen (secondary N) is 1. The first kappa shape index (κ1) is 7.98. The molecule has 0 bridgehead atoms. The molecule has 10 heavy (non-hydrogen) atoms. The fraction of sp³-hybridized carbons (Fsp3) is 1.00. The van der Waals surface area contributed by atoms with Crippen molar-refractivity contribution >= 4 is 0 Å². The van der Waals surface area contributed by atoms with E-state index in [9.17, 15) is 0 Å². The van der Waals surface area contributed by atoms with Crippen LogP contribution in [0.2, 0.25) is 0 Å². The summed E-state index contributed by atoms with van der Waals surface area (Å²) in [6, 6.07) is 0.481. The zero-order chi connectivity index (χ0) is 7.56. The monoisotopic (exact) mass is 144 g/mol. The predicted octanol–water partition coefficient (Wildman–Crippen LogP) is -0.872. The fourth-order valence-corrected chi connectivity index (χ4v) is 1.60. The summed E-state index contributed by atoms with van der Waals surface area (Å²) in [7, 11) is 4.03. The molecule has 1 saturated heterocycles. The van der Waals surface area contributed by atoms with E-state index in [-0.39, 0.29) is 0 Å². The predicted molar refractivity (Wildman–Crippen MR) is 40.9 cm³/mol. The summed E-state index contributed by atoms with van der Waals surface area (Å²) in [6.45, 7) is 2.37. The second-order valence-corrected chi connectivity index (χ2v) is 3.06. The quantitative estimate of drug-likeness (QED) is 0.529. The van der Waals surface area contributed by atoms with E-state index in [1.807, 2.05) is 7.05 Å². The number of aliphatic hydroxyl groups is 1. The molecule has 0 saturated carbocycles. The molecule has 1 fully saturated rings. The van der Waals surface area contributed by atoms with Crippen molar-refractivity contribution in [1.29, 1.82) is 0 Å². The van der Waals surface area contributed by atoms with Gasteiger partial charge < -0.3 is 15.3 Å². The molecular formula is C7H16N2O. The summed E-state index contributed by atoms with van der Waals surface area (Å²) in [6.07, 6.45) is 0. The Balaban J connectivity index is 2.41. The maximum absolute atomic E-state index is 8.92. The van der Waals surface area contributed by atoms with Gasteiger partial charge >= 0.3 is 0 Å². The van der Waals surface area contributed by atoms with Crippen molar-refractivity contribution in [2.24, 2.45) is 5.92 Å². The van der Waals surface area contributed by atoms with E-state index in [4.69, 9.17) is 5.11 Å². The van der Waals surface area contributed by atoms with Gasteiger partial charge in [-0.25, -0.2) is 0 Å². The number of rotatable bonds is 2. The largest absolute Gasteiger partial charge is 0.396 e. The fourth-order valence-electron chi connectivity index (χ4n) is 1.60. The number of likely N-dealkylation sites (N-methyl/N-ethyl adjacent to an activating group) is 2. The molecule has 0 aromatic heterocycles. The second-order valence-electron chi connectivity index (χ2n) is 3.06. The zero-order valence-electron chi connectivity index (χ0n) is 6.67. The minimum Gasteiger partial charge on any atom is -0.396 e. The van der Waals surface area contributed by atoms with Crippen LogP contribution in [0.3, 0.4) is 0 Å². The average molecular weight is 144 g/mol. The van der Waals surface area contributed by atoms with Crippen LogP contribution >= 0.6 is 0 Å². The third-order valence-corrected chi connectivity index (χ3v) is 2.23. The van der Waals surface area contributed by atoms with Gasteiger partial charge in [-0.1, -0.05) is 0 Å². The molecule has 0 amide bonds. The van der Waals surface area contributed by atoms with Gasteiger partial charge in [0.05, 0.1) is 0 Å². The van der Waals surface area contributed by atoms with Crippen molar-refractivity contribution in [1.82, 2.24) is 10.2 Å². The van der Waals surface area contributed by atoms with Crippen molar-refractivity contribution in [2.75, 3.05) is 33.8 Å². The van der Waals surface area contributed by atoms with Gasteiger partial charge in [0.25, 0.3) is 0 Å². The van der Waals surface area contributed by atoms with E-state index in [1.54, 1.807) is 0 Å². The zero-order valence-corrected chi connectivity index (χ0v) is 6.67. The standard InChI is InChI=1S/C7H16N2O/c1-8-7-4-9(2)3-6(7)5-10/h6-8,10H,3-5H2,1-2H3/t6-,7-/m0/s1. The van der Waals surface area contributed by atoms with Crippen LogP contribution in [0.5, 0.6) is 0 Å². The van der Waals surface area contributed by atoms with Gasteiger partial charge in [0, 0.05) is 31.7 Å². The minimum absolute atomic E-state index is 0.301. The van der Waals surface area contributed by atoms with Crippen LogP contribution in [-0.4, -0.2) is 49.8 Å². The van der Waals surface area contributed by atoms with Gasteiger partial charge in [-0.05, 0) is 14.1 Å². The van der Waals surface area contributed by atoms with Crippen LogP contribution < -0.4 is 5.32 Å². The molecule has 3 nitrogen and oxygen atoms in total. The summed E-state index contributed by atoms with van der Waals surface area (Å²) in [5.41, 5.74) is 0. The van der Waals surface area contributed by atoms with Crippen LogP contribution in [0.4, 0.5) is 0 Å². The maximum Gasteiger partial charge on any atom is 0.0486 e. The van der Waals surface area contributed by atoms with Crippen LogP contribution in [-0.2, 0) is 0 Å². The molecule has 0 unspecified atom stereocenters. The van der Waals surface area contributed by atoms with Crippen LogP contribution in [0, 0.1) is 5.92 Å². The maximum atomic E-state index is 8.92. The van der Waals surface area contributed by atoms with Crippen molar-refractivity contribution in [3.8, 4) is 0 Å². The van der Waals surface area contributed by atoms with E-state index in [1.165, 1.54) is 0 Å². The van der Waals surface area contributed by atoms with E-state index in [0.29, 0.717) is 18.6 Å². The lowest BCUT2D eigenvalue weighted by Crippen LogP contribution is -2.34. The first-order chi connectivity index (χ1) is 4.77. The molecule has 2 N–H and O–H groups in total. The first-order valence-corrected chi connectivity index (χ1v) is 3.74. The molecule has 3 heteroatoms. The Morgan fingerprint density at radius 3 is 2.70 bits per heavy atom. The third-order valence-electron chi connectivity index (χ3n) is 2.23. The lowest BCUT2D eigenvalue weighted by atomic mass is 10.1. The van der Waals surface area contributed by atoms with E-state index >= 15 is 0 Å². The normalized spacial score (nSPS) is 35.1. The summed E-state index contributed by atoms with van der Waals surface area (Å²) in [5.74, 6) is 0.426. The van der Waals surface area contributed by atoms with Crippen molar-refractivity contribution in [3.63, 3.8) is 0 Å². The topological polar surface area (TPSA) is 35.5 Å². The minimum atomic E-state index is 0.301. The van der Waals surface area contributed by atoms with Gasteiger partial charge in [0.15, 0.2) is 0 Å². The molecular weight excluding hydrogens is 128 g/mol. The Labute approximate surface area is 62.0 Å². The van der Waals surface area contributed by atoms with E-state index in [2.05, 4.69) is 17.3 Å². The molecule has 0 aromatic rings. The Bertz CT molecular complexity index is 95.8. The van der Waals surface area contributed by atoms with Crippen molar-refractivity contribution in [3.05, 3.63) is 0 Å². The van der Waals surface area contributed by atoms with Gasteiger partial charge in [-0.2, -0.15) is 0 Å². The van der Waals surface area contributed by atoms with E-state index in [0.717, 1.165) is 13.1 Å². The van der Waals surface area contributed by atoms with Crippen LogP contribution in [0.1, 0.15) is 0 Å². The Morgan fingerprint density at radius 2 is 2.30 bits per heavy atom. The molecule has 0 radical (unpaired) electrons. The number of hydrogen-bond acceptors (Lipinski definition) is 3. The molecule has 2 atom stereocenters. The summed E-state index contributed by atoms with van der Waals surface area (Å²) in [4.78, 5) is 2.24. The SMILES string of the molecule is CN[C@H]1CN(C)C[C@H]1CO. The van der Waals surface area contributed by atoms with Crippen LogP contribution in [0.25, 0.3) is 0 Å². The second kappa shape index (κ2) is 3.32. The number of likely N-dealkylation sites (tertiary alicyclic amines) is 1. The smallest absolute Gasteiger partial charge is 0.0486 e. The molecule has 1 aliphatic rings. The van der Waals surface area contributed by atoms with Crippen molar-refractivity contribution in [2.45, 2.75) is 6.04 Å². The Morgan fingerprint density at radius 1 is 1.60 bits per heavy atom. The number of nitrogens with zero attached hydrogens (tertiary/aromatic N) is 1. The van der Waals surface area contributed by atoms with E-state index < -0.39 is 0 Å². The number of hydrogen-bond donors (Lipinski definition) is 2. The van der Waals surface area contributed by atoms with Crippen molar-refractivity contribution < 1.29 is 5.11 Å². The van der Waals surface area contributed by atoms with Gasteiger partial charge in [-0.15, -0.1) is 0 Å². The molecule has 0 aliphatic carbocycles. The lowest BCUT2D eigenvalue weighted by molar-refractivity contribution is 0.213. The lowest BCUT2D eigenvalue weighted by Gasteiger charge is -2.13. The molecule has 1 heterocycles. The Hall–Kier alpha value is -0.120. The average Bonchev–Trinajstić information content (AvgIpc) is 2.30. The van der Waals surface area contributed by atoms with Gasteiger partial charge in [0.1, 0.15) is 0 Å².